The van der Waals surface area contributed by atoms with Crippen molar-refractivity contribution in [3.05, 3.63) is 0 Å². The maximum absolute atomic E-state index is 9.67. The first-order valence-electron chi connectivity index (χ1n) is 2.82. The van der Waals surface area contributed by atoms with Crippen LogP contribution < -0.4 is 18.9 Å². The van der Waals surface area contributed by atoms with E-state index in [1.807, 2.05) is 0 Å². The molecule has 0 aliphatic rings. The summed E-state index contributed by atoms with van der Waals surface area (Å²) in [4.78, 5) is 0. The Hall–Kier alpha value is 0.322. The third kappa shape index (κ3) is 46.3. The molecule has 0 rings (SSSR count). The van der Waals surface area contributed by atoms with E-state index in [-0.39, 0.29) is 25.5 Å². The van der Waals surface area contributed by atoms with Gasteiger partial charge >= 0.3 is 26.4 Å². The van der Waals surface area contributed by atoms with Crippen LogP contribution in [0.2, 0.25) is 0 Å². The van der Waals surface area contributed by atoms with Crippen LogP contribution in [0, 0.1) is 0 Å². The fourth-order valence-electron chi connectivity index (χ4n) is 0.185. The molecule has 0 bridgehead atoms. The molecule has 13 heavy (non-hydrogen) atoms. The van der Waals surface area contributed by atoms with Crippen molar-refractivity contribution in [3.63, 3.8) is 0 Å². The van der Waals surface area contributed by atoms with Crippen LogP contribution in [0.4, 0.5) is 12.9 Å². The summed E-state index contributed by atoms with van der Waals surface area (Å²) in [7, 11) is -8.10. The van der Waals surface area contributed by atoms with Gasteiger partial charge in [-0.25, -0.2) is 8.42 Å². The van der Waals surface area contributed by atoms with Crippen LogP contribution in [0.5, 0.6) is 0 Å². The Morgan fingerprint density at radius 3 is 1.77 bits per heavy atom. The van der Waals surface area contributed by atoms with E-state index >= 15 is 0 Å². The summed E-state index contributed by atoms with van der Waals surface area (Å²) in [5, 5.41) is 0. The van der Waals surface area contributed by atoms with Crippen molar-refractivity contribution in [1.29, 1.82) is 0 Å². The third-order valence-corrected chi connectivity index (χ3v) is 0.887. The standard InChI is InChI=1S/C3H8O4S.BF3.Li/c1-2-3-7-8(4,5)6;2-1(3)4;/h2-3H2,1H3,(H,4,5,6);;/q;;+1/p-1. The van der Waals surface area contributed by atoms with Gasteiger partial charge in [0.25, 0.3) is 0 Å². The summed E-state index contributed by atoms with van der Waals surface area (Å²) in [5.41, 5.74) is 0. The Morgan fingerprint density at radius 1 is 1.38 bits per heavy atom. The number of hydrogen-bond acceptors (Lipinski definition) is 4. The van der Waals surface area contributed by atoms with Gasteiger partial charge < -0.3 is 4.55 Å². The van der Waals surface area contributed by atoms with Crippen LogP contribution in [-0.2, 0) is 14.6 Å². The van der Waals surface area contributed by atoms with E-state index in [4.69, 9.17) is 0 Å². The number of halogens is 3. The Bertz CT molecular complexity index is 184. The van der Waals surface area contributed by atoms with Crippen molar-refractivity contribution in [2.24, 2.45) is 0 Å². The fourth-order valence-corrected chi connectivity index (χ4v) is 0.556. The molecule has 10 heteroatoms. The number of rotatable bonds is 3. The molecule has 0 heterocycles. The molecule has 0 radical (unpaired) electrons. The predicted molar refractivity (Wildman–Crippen MR) is 35.0 cm³/mol. The van der Waals surface area contributed by atoms with Crippen LogP contribution in [-0.4, -0.2) is 27.1 Å². The average Bonchev–Trinajstić information content (AvgIpc) is 1.80. The van der Waals surface area contributed by atoms with E-state index in [2.05, 4.69) is 4.18 Å². The second-order valence-corrected chi connectivity index (χ2v) is 2.53. The molecule has 0 amide bonds. The first kappa shape index (κ1) is 19.0. The van der Waals surface area contributed by atoms with Crippen LogP contribution in [0.3, 0.4) is 0 Å². The van der Waals surface area contributed by atoms with Crippen molar-refractivity contribution in [2.75, 3.05) is 6.61 Å². The SMILES string of the molecule is CCCOS(=O)(=O)[O-].FB(F)F.[Li+]. The minimum absolute atomic E-state index is 0. The minimum Gasteiger partial charge on any atom is -0.726 e. The van der Waals surface area contributed by atoms with Gasteiger partial charge in [0.15, 0.2) is 0 Å². The molecule has 0 N–H and O–H groups in total. The molecule has 74 valence electrons. The molecule has 0 unspecified atom stereocenters. The maximum Gasteiger partial charge on any atom is 1.00 e. The summed E-state index contributed by atoms with van der Waals surface area (Å²) in [6, 6.07) is 0. The van der Waals surface area contributed by atoms with Gasteiger partial charge in [0.2, 0.25) is 10.4 Å². The topological polar surface area (TPSA) is 66.4 Å². The fraction of sp³-hybridized carbons (Fsp3) is 1.00. The first-order valence-corrected chi connectivity index (χ1v) is 4.15. The van der Waals surface area contributed by atoms with Crippen molar-refractivity contribution in [1.82, 2.24) is 0 Å². The zero-order valence-corrected chi connectivity index (χ0v) is 7.98. The predicted octanol–water partition coefficient (Wildman–Crippen LogP) is -2.24. The third-order valence-electron chi connectivity index (χ3n) is 0.432. The molecule has 4 nitrogen and oxygen atoms in total. The molecule has 0 aromatic rings. The number of hydrogen-bond donors (Lipinski definition) is 0. The van der Waals surface area contributed by atoms with Gasteiger partial charge in [-0.1, -0.05) is 6.92 Å². The molecular formula is C3H7BF3LiO4S. The smallest absolute Gasteiger partial charge is 0.726 e. The molecule has 0 aromatic heterocycles. The zero-order chi connectivity index (χ0) is 10.2. The largest absolute Gasteiger partial charge is 1.00 e. The second kappa shape index (κ2) is 10.4. The monoisotopic (exact) mass is 214 g/mol. The second-order valence-electron chi connectivity index (χ2n) is 1.48. The molecule has 0 aromatic carbocycles. The van der Waals surface area contributed by atoms with E-state index in [9.17, 15) is 25.9 Å². The van der Waals surface area contributed by atoms with Gasteiger partial charge in [-0.3, -0.25) is 17.1 Å². The van der Waals surface area contributed by atoms with Gasteiger partial charge in [-0.2, -0.15) is 0 Å². The van der Waals surface area contributed by atoms with Gasteiger partial charge in [0.05, 0.1) is 6.61 Å². The molecular weight excluding hydrogens is 207 g/mol. The van der Waals surface area contributed by atoms with Crippen molar-refractivity contribution >= 4 is 17.9 Å². The molecule has 0 fully saturated rings. The molecule has 0 aliphatic heterocycles. The van der Waals surface area contributed by atoms with Crippen LogP contribution >= 0.6 is 0 Å². The summed E-state index contributed by atoms with van der Waals surface area (Å²) in [6.45, 7) is 1.69. The average molecular weight is 214 g/mol. The van der Waals surface area contributed by atoms with Gasteiger partial charge in [-0.15, -0.1) is 0 Å². The van der Waals surface area contributed by atoms with E-state index < -0.39 is 17.9 Å². The molecule has 0 atom stereocenters. The van der Waals surface area contributed by atoms with Crippen LogP contribution in [0.15, 0.2) is 0 Å². The van der Waals surface area contributed by atoms with Crippen molar-refractivity contribution < 1.29 is 49.0 Å². The Balaban J connectivity index is -0.000000173. The quantitative estimate of drug-likeness (QED) is 0.302. The van der Waals surface area contributed by atoms with Crippen LogP contribution in [0.1, 0.15) is 13.3 Å². The molecule has 0 saturated heterocycles. The summed E-state index contributed by atoms with van der Waals surface area (Å²) in [5.74, 6) is 0. The summed E-state index contributed by atoms with van der Waals surface area (Å²) >= 11 is 0. The molecule has 0 aliphatic carbocycles. The first-order chi connectivity index (χ1) is 5.29. The van der Waals surface area contributed by atoms with E-state index in [1.54, 1.807) is 6.92 Å². The Labute approximate surface area is 87.2 Å². The van der Waals surface area contributed by atoms with E-state index in [0.717, 1.165) is 0 Å². The van der Waals surface area contributed by atoms with Gasteiger partial charge in [0, 0.05) is 0 Å². The molecule has 0 saturated carbocycles. The van der Waals surface area contributed by atoms with E-state index in [0.29, 0.717) is 6.42 Å². The summed E-state index contributed by atoms with van der Waals surface area (Å²) < 4.78 is 61.6. The maximum atomic E-state index is 9.67. The zero-order valence-electron chi connectivity index (χ0n) is 7.17. The Kier molecular flexibility index (Phi) is 15.2. The van der Waals surface area contributed by atoms with Crippen LogP contribution in [0.25, 0.3) is 0 Å². The van der Waals surface area contributed by atoms with Gasteiger partial charge in [0.1, 0.15) is 0 Å². The normalized spacial score (nSPS) is 9.31. The summed E-state index contributed by atoms with van der Waals surface area (Å²) in [6.07, 6.45) is 0.529. The van der Waals surface area contributed by atoms with E-state index in [1.165, 1.54) is 0 Å². The minimum atomic E-state index is -4.44. The van der Waals surface area contributed by atoms with Crippen molar-refractivity contribution in [3.8, 4) is 0 Å². The molecule has 0 spiro atoms. The van der Waals surface area contributed by atoms with Crippen molar-refractivity contribution in [2.45, 2.75) is 13.3 Å². The van der Waals surface area contributed by atoms with Gasteiger partial charge in [-0.05, 0) is 6.42 Å². The Morgan fingerprint density at radius 2 is 1.69 bits per heavy atom.